The van der Waals surface area contributed by atoms with Gasteiger partial charge in [0.25, 0.3) is 5.12 Å². The first-order valence-corrected chi connectivity index (χ1v) is 15.1. The van der Waals surface area contributed by atoms with Crippen LogP contribution in [0.1, 0.15) is 105 Å². The van der Waals surface area contributed by atoms with Crippen molar-refractivity contribution in [3.05, 3.63) is 0 Å². The van der Waals surface area contributed by atoms with Gasteiger partial charge in [0, 0.05) is 38.0 Å². The van der Waals surface area contributed by atoms with Crippen LogP contribution >= 0.6 is 11.8 Å². The predicted molar refractivity (Wildman–Crippen MR) is 129 cm³/mol. The third-order valence-electron chi connectivity index (χ3n) is 4.94. The Balaban J connectivity index is 3.86. The summed E-state index contributed by atoms with van der Waals surface area (Å²) in [5.41, 5.74) is 0. The molecule has 0 heterocycles. The fourth-order valence-electron chi connectivity index (χ4n) is 3.41. The van der Waals surface area contributed by atoms with E-state index in [2.05, 4.69) is 6.92 Å². The van der Waals surface area contributed by atoms with Crippen molar-refractivity contribution in [3.63, 3.8) is 0 Å². The first kappa shape index (κ1) is 29.8. The van der Waals surface area contributed by atoms with Crippen LogP contribution in [0, 0.1) is 0 Å². The number of hydrogen-bond acceptors (Lipinski definition) is 6. The van der Waals surface area contributed by atoms with E-state index < -0.39 is 8.80 Å². The zero-order valence-electron chi connectivity index (χ0n) is 20.0. The standard InChI is InChI=1S/C23H46O5SSi/c1-5-9-10-11-12-13-14-15-16-17-19-22(24)23(25)29-20-18-21-30(26-6-2,27-7-3)28-8-4/h5-21H2,1-4H3. The number of carbonyl (C=O) groups excluding carboxylic acids is 2. The second-order valence-electron chi connectivity index (χ2n) is 7.58. The summed E-state index contributed by atoms with van der Waals surface area (Å²) in [7, 11) is -2.65. The average molecular weight is 463 g/mol. The molecule has 0 N–H and O–H groups in total. The minimum atomic E-state index is -2.65. The molecule has 7 heteroatoms. The van der Waals surface area contributed by atoms with Gasteiger partial charge >= 0.3 is 8.80 Å². The van der Waals surface area contributed by atoms with E-state index in [-0.39, 0.29) is 10.9 Å². The highest BCUT2D eigenvalue weighted by Gasteiger charge is 2.39. The zero-order chi connectivity index (χ0) is 22.5. The molecule has 0 unspecified atom stereocenters. The minimum absolute atomic E-state index is 0.234. The number of carbonyl (C=O) groups is 2. The van der Waals surface area contributed by atoms with E-state index in [1.165, 1.54) is 51.4 Å². The van der Waals surface area contributed by atoms with Crippen LogP contribution in [0.2, 0.25) is 6.04 Å². The first-order valence-electron chi connectivity index (χ1n) is 12.2. The van der Waals surface area contributed by atoms with E-state index in [1.807, 2.05) is 20.8 Å². The van der Waals surface area contributed by atoms with Gasteiger partial charge in [-0.15, -0.1) is 0 Å². The molecule has 0 spiro atoms. The molecule has 30 heavy (non-hydrogen) atoms. The lowest BCUT2D eigenvalue weighted by Crippen LogP contribution is -2.46. The Hall–Kier alpha value is -0.213. The Morgan fingerprint density at radius 1 is 0.667 bits per heavy atom. The highest BCUT2D eigenvalue weighted by molar-refractivity contribution is 8.15. The average Bonchev–Trinajstić information content (AvgIpc) is 2.73. The molecule has 0 aromatic rings. The molecule has 0 fully saturated rings. The monoisotopic (exact) mass is 462 g/mol. The molecule has 0 aliphatic carbocycles. The lowest BCUT2D eigenvalue weighted by Gasteiger charge is -2.28. The van der Waals surface area contributed by atoms with Crippen LogP contribution in [0.4, 0.5) is 0 Å². The Bertz CT molecular complexity index is 417. The molecule has 0 amide bonds. The van der Waals surface area contributed by atoms with Crippen LogP contribution in [0.25, 0.3) is 0 Å². The van der Waals surface area contributed by atoms with Gasteiger partial charge in [-0.25, -0.2) is 0 Å². The van der Waals surface area contributed by atoms with Crippen molar-refractivity contribution in [1.29, 1.82) is 0 Å². The smallest absolute Gasteiger partial charge is 0.374 e. The third-order valence-corrected chi connectivity index (χ3v) is 9.07. The van der Waals surface area contributed by atoms with Gasteiger partial charge in [-0.1, -0.05) is 76.5 Å². The molecule has 0 saturated carbocycles. The Morgan fingerprint density at radius 2 is 1.13 bits per heavy atom. The summed E-state index contributed by atoms with van der Waals surface area (Å²) in [6.07, 6.45) is 13.4. The highest BCUT2D eigenvalue weighted by atomic mass is 32.2. The number of thioether (sulfide) groups is 1. The van der Waals surface area contributed by atoms with Gasteiger partial charge in [-0.3, -0.25) is 9.59 Å². The lowest BCUT2D eigenvalue weighted by atomic mass is 10.1. The molecule has 178 valence electrons. The molecular weight excluding hydrogens is 416 g/mol. The second kappa shape index (κ2) is 20.7. The Labute approximate surface area is 190 Å². The van der Waals surface area contributed by atoms with Crippen LogP contribution in [0.3, 0.4) is 0 Å². The molecule has 0 aliphatic rings. The van der Waals surface area contributed by atoms with Crippen molar-refractivity contribution >= 4 is 31.5 Å². The van der Waals surface area contributed by atoms with Crippen molar-refractivity contribution < 1.29 is 22.9 Å². The molecular formula is C23H46O5SSi. The maximum Gasteiger partial charge on any atom is 0.500 e. The number of ketones is 1. The number of unbranched alkanes of at least 4 members (excludes halogenated alkanes) is 9. The van der Waals surface area contributed by atoms with Crippen LogP contribution in [-0.4, -0.2) is 45.3 Å². The predicted octanol–water partition coefficient (Wildman–Crippen LogP) is 6.56. The first-order chi connectivity index (χ1) is 14.5. The highest BCUT2D eigenvalue weighted by Crippen LogP contribution is 2.20. The molecule has 0 atom stereocenters. The van der Waals surface area contributed by atoms with E-state index in [1.54, 1.807) is 0 Å². The number of rotatable bonds is 22. The van der Waals surface area contributed by atoms with Gasteiger partial charge in [-0.2, -0.15) is 0 Å². The summed E-state index contributed by atoms with van der Waals surface area (Å²) < 4.78 is 17.4. The molecule has 0 saturated heterocycles. The topological polar surface area (TPSA) is 61.8 Å². The molecule has 0 radical (unpaired) electrons. The van der Waals surface area contributed by atoms with Crippen molar-refractivity contribution in [3.8, 4) is 0 Å². The fourth-order valence-corrected chi connectivity index (χ4v) is 7.02. The Morgan fingerprint density at radius 3 is 1.60 bits per heavy atom. The maximum atomic E-state index is 12.1. The van der Waals surface area contributed by atoms with E-state index in [9.17, 15) is 9.59 Å². The minimum Gasteiger partial charge on any atom is -0.374 e. The molecule has 0 aliphatic heterocycles. The van der Waals surface area contributed by atoms with E-state index >= 15 is 0 Å². The lowest BCUT2D eigenvalue weighted by molar-refractivity contribution is -0.131. The van der Waals surface area contributed by atoms with Gasteiger partial charge in [0.05, 0.1) is 0 Å². The van der Waals surface area contributed by atoms with Gasteiger partial charge in [0.15, 0.2) is 0 Å². The molecule has 0 rings (SSSR count). The largest absolute Gasteiger partial charge is 0.500 e. The second-order valence-corrected chi connectivity index (χ2v) is 11.4. The van der Waals surface area contributed by atoms with Crippen molar-refractivity contribution in [2.45, 2.75) is 111 Å². The van der Waals surface area contributed by atoms with E-state index in [0.29, 0.717) is 38.0 Å². The quantitative estimate of drug-likeness (QED) is 0.103. The van der Waals surface area contributed by atoms with Crippen molar-refractivity contribution in [2.75, 3.05) is 25.6 Å². The van der Waals surface area contributed by atoms with E-state index in [0.717, 1.165) is 31.0 Å². The van der Waals surface area contributed by atoms with Gasteiger partial charge in [-0.05, 0) is 33.6 Å². The molecule has 0 aromatic carbocycles. The summed E-state index contributed by atoms with van der Waals surface area (Å²) in [6, 6.07) is 0.676. The summed E-state index contributed by atoms with van der Waals surface area (Å²) in [4.78, 5) is 24.1. The summed E-state index contributed by atoms with van der Waals surface area (Å²) >= 11 is 1.13. The zero-order valence-corrected chi connectivity index (χ0v) is 21.8. The summed E-state index contributed by atoms with van der Waals surface area (Å²) in [6.45, 7) is 9.70. The molecule has 0 bridgehead atoms. The van der Waals surface area contributed by atoms with Crippen molar-refractivity contribution in [2.24, 2.45) is 0 Å². The van der Waals surface area contributed by atoms with Crippen LogP contribution in [0.15, 0.2) is 0 Å². The molecule has 0 aromatic heterocycles. The summed E-state index contributed by atoms with van der Waals surface area (Å²) in [5.74, 6) is 0.368. The van der Waals surface area contributed by atoms with Gasteiger partial charge in [0.1, 0.15) is 0 Å². The van der Waals surface area contributed by atoms with Crippen LogP contribution in [-0.2, 0) is 22.9 Å². The SMILES string of the molecule is CCCCCCCCCCCCC(=O)C(=O)SCCC[Si](OCC)(OCC)OCC. The maximum absolute atomic E-state index is 12.1. The number of Topliss-reactive ketones (excluding diaryl/α,β-unsaturated/α-hetero) is 1. The van der Waals surface area contributed by atoms with Crippen LogP contribution in [0.5, 0.6) is 0 Å². The molecule has 5 nitrogen and oxygen atoms in total. The third kappa shape index (κ3) is 15.6. The normalized spacial score (nSPS) is 11.7. The van der Waals surface area contributed by atoms with E-state index in [4.69, 9.17) is 13.3 Å². The van der Waals surface area contributed by atoms with Crippen LogP contribution < -0.4 is 0 Å². The van der Waals surface area contributed by atoms with Gasteiger partial charge in [0.2, 0.25) is 5.78 Å². The Kier molecular flexibility index (Phi) is 20.5. The summed E-state index contributed by atoms with van der Waals surface area (Å²) in [5, 5.41) is -0.303. The van der Waals surface area contributed by atoms with Crippen molar-refractivity contribution in [1.82, 2.24) is 0 Å². The van der Waals surface area contributed by atoms with Gasteiger partial charge < -0.3 is 13.3 Å². The number of hydrogen-bond donors (Lipinski definition) is 0. The fraction of sp³-hybridized carbons (Fsp3) is 0.913.